The fourth-order valence-electron chi connectivity index (χ4n) is 12.3. The number of phosphoric ester groups is 2. The van der Waals surface area contributed by atoms with Gasteiger partial charge in [-0.1, -0.05) is 369 Å². The first-order chi connectivity index (χ1) is 47.9. The number of phosphoric acid groups is 2. The topological polar surface area (TPSA) is 237 Å². The lowest BCUT2D eigenvalue weighted by atomic mass is 9.99. The van der Waals surface area contributed by atoms with Crippen LogP contribution in [0.5, 0.6) is 0 Å². The maximum absolute atomic E-state index is 13.1. The van der Waals surface area contributed by atoms with Gasteiger partial charge in [0.25, 0.3) is 0 Å². The van der Waals surface area contributed by atoms with Gasteiger partial charge < -0.3 is 33.8 Å². The summed E-state index contributed by atoms with van der Waals surface area (Å²) in [4.78, 5) is 72.9. The first-order valence-corrected chi connectivity index (χ1v) is 44.5. The molecule has 0 aromatic carbocycles. The minimum Gasteiger partial charge on any atom is -0.462 e. The molecular formula is C80H156O17P2. The predicted octanol–water partition coefficient (Wildman–Crippen LogP) is 23.9. The fraction of sp³-hybridized carbons (Fsp3) is 0.950. The summed E-state index contributed by atoms with van der Waals surface area (Å²) in [5.41, 5.74) is 0. The van der Waals surface area contributed by atoms with E-state index in [0.717, 1.165) is 108 Å². The number of unbranched alkanes of at least 4 members (excludes halogenated alkanes) is 48. The molecule has 0 aliphatic carbocycles. The monoisotopic (exact) mass is 1450 g/mol. The molecule has 0 bridgehead atoms. The summed E-state index contributed by atoms with van der Waals surface area (Å²) in [7, 11) is -9.91. The van der Waals surface area contributed by atoms with Gasteiger partial charge in [-0.2, -0.15) is 0 Å². The average molecular weight is 1450 g/mol. The summed E-state index contributed by atoms with van der Waals surface area (Å²) in [6, 6.07) is 0. The Morgan fingerprint density at radius 3 is 0.768 bits per heavy atom. The Labute approximate surface area is 607 Å². The molecule has 0 aromatic rings. The highest BCUT2D eigenvalue weighted by molar-refractivity contribution is 7.47. The zero-order valence-corrected chi connectivity index (χ0v) is 66.6. The molecule has 0 amide bonds. The lowest BCUT2D eigenvalue weighted by molar-refractivity contribution is -0.161. The standard InChI is InChI=1S/C80H156O17P2/c1-7-10-12-14-16-18-19-20-21-22-23-29-34-39-45-51-57-63-78(83)91-69-76(97-80(85)64-58-52-46-40-35-30-25-24-28-33-38-43-49-55-61-73(6)9-3)71-95-99(88,89)93-67-74(81)66-92-98(86,87)94-70-75(68-90-77(82)62-56-50-44-17-15-13-11-8-2)96-79(84)65-59-53-47-41-36-31-26-27-32-37-42-48-54-60-72(4)5/h72-76,81H,7-71H2,1-6H3,(H,86,87)(H,88,89)/t73?,74-,75+,76+/m0/s1. The lowest BCUT2D eigenvalue weighted by Crippen LogP contribution is -2.30. The summed E-state index contributed by atoms with van der Waals surface area (Å²) in [5.74, 6) is -0.479. The van der Waals surface area contributed by atoms with E-state index in [-0.39, 0.29) is 25.7 Å². The second-order valence-electron chi connectivity index (χ2n) is 29.5. The molecule has 99 heavy (non-hydrogen) atoms. The van der Waals surface area contributed by atoms with Crippen molar-refractivity contribution in [2.45, 2.75) is 439 Å². The first-order valence-electron chi connectivity index (χ1n) is 41.5. The minimum absolute atomic E-state index is 0.107. The minimum atomic E-state index is -4.96. The zero-order valence-electron chi connectivity index (χ0n) is 64.8. The van der Waals surface area contributed by atoms with Crippen molar-refractivity contribution in [2.75, 3.05) is 39.6 Å². The number of aliphatic hydroxyl groups is 1. The second kappa shape index (κ2) is 71.7. The van der Waals surface area contributed by atoms with E-state index in [2.05, 4.69) is 41.5 Å². The largest absolute Gasteiger partial charge is 0.472 e. The molecule has 19 heteroatoms. The van der Waals surface area contributed by atoms with Crippen LogP contribution in [0, 0.1) is 11.8 Å². The second-order valence-corrected chi connectivity index (χ2v) is 32.4. The molecule has 0 aromatic heterocycles. The number of carbonyl (C=O) groups is 4. The maximum atomic E-state index is 13.1. The third kappa shape index (κ3) is 72.8. The van der Waals surface area contributed by atoms with Crippen molar-refractivity contribution in [3.63, 3.8) is 0 Å². The summed E-state index contributed by atoms with van der Waals surface area (Å²) >= 11 is 0. The molecule has 588 valence electrons. The molecule has 0 aliphatic rings. The molecular weight excluding hydrogens is 1290 g/mol. The van der Waals surface area contributed by atoms with Gasteiger partial charge in [0.2, 0.25) is 0 Å². The Bertz CT molecular complexity index is 1910. The number of ether oxygens (including phenoxy) is 4. The van der Waals surface area contributed by atoms with Gasteiger partial charge in [-0.05, 0) is 37.5 Å². The Hall–Kier alpha value is -1.94. The van der Waals surface area contributed by atoms with Gasteiger partial charge in [0.1, 0.15) is 19.3 Å². The van der Waals surface area contributed by atoms with Gasteiger partial charge in [0, 0.05) is 25.7 Å². The summed E-state index contributed by atoms with van der Waals surface area (Å²) < 4.78 is 68.6. The third-order valence-corrected chi connectivity index (χ3v) is 21.0. The van der Waals surface area contributed by atoms with Crippen molar-refractivity contribution in [1.82, 2.24) is 0 Å². The summed E-state index contributed by atoms with van der Waals surface area (Å²) in [6.07, 6.45) is 61.0. The maximum Gasteiger partial charge on any atom is 0.472 e. The number of esters is 4. The van der Waals surface area contributed by atoms with Crippen LogP contribution < -0.4 is 0 Å². The average Bonchev–Trinajstić information content (AvgIpc) is 1.34. The van der Waals surface area contributed by atoms with Crippen LogP contribution in [0.1, 0.15) is 420 Å². The van der Waals surface area contributed by atoms with Crippen LogP contribution in [-0.4, -0.2) is 96.7 Å². The van der Waals surface area contributed by atoms with Gasteiger partial charge in [0.15, 0.2) is 12.2 Å². The first kappa shape index (κ1) is 97.1. The smallest absolute Gasteiger partial charge is 0.462 e. The predicted molar refractivity (Wildman–Crippen MR) is 405 cm³/mol. The molecule has 0 saturated carbocycles. The molecule has 17 nitrogen and oxygen atoms in total. The van der Waals surface area contributed by atoms with E-state index in [9.17, 15) is 43.2 Å². The highest BCUT2D eigenvalue weighted by Gasteiger charge is 2.30. The highest BCUT2D eigenvalue weighted by Crippen LogP contribution is 2.45. The van der Waals surface area contributed by atoms with Gasteiger partial charge in [0.05, 0.1) is 26.4 Å². The molecule has 0 aliphatic heterocycles. The highest BCUT2D eigenvalue weighted by atomic mass is 31.2. The van der Waals surface area contributed by atoms with E-state index in [0.29, 0.717) is 25.7 Å². The number of hydrogen-bond acceptors (Lipinski definition) is 15. The van der Waals surface area contributed by atoms with E-state index in [1.165, 1.54) is 231 Å². The van der Waals surface area contributed by atoms with Crippen LogP contribution in [0.15, 0.2) is 0 Å². The molecule has 0 fully saturated rings. The third-order valence-electron chi connectivity index (χ3n) is 19.1. The van der Waals surface area contributed by atoms with Crippen molar-refractivity contribution < 1.29 is 80.2 Å². The van der Waals surface area contributed by atoms with Gasteiger partial charge in [-0.3, -0.25) is 37.3 Å². The summed E-state index contributed by atoms with van der Waals surface area (Å²) in [6.45, 7) is 9.68. The molecule has 6 atom stereocenters. The van der Waals surface area contributed by atoms with E-state index in [4.69, 9.17) is 37.0 Å². The van der Waals surface area contributed by atoms with Gasteiger partial charge in [-0.15, -0.1) is 0 Å². The van der Waals surface area contributed by atoms with E-state index < -0.39 is 97.5 Å². The SMILES string of the molecule is CCCCCCCCCCCCCCCCCCCC(=O)OC[C@H](COP(=O)(O)OC[C@@H](O)COP(=O)(O)OC[C@@H](COC(=O)CCCCCCCCCC)OC(=O)CCCCCCCCCCCCCCCC(C)C)OC(=O)CCCCCCCCCCCCCCCCC(C)CC. The van der Waals surface area contributed by atoms with Crippen molar-refractivity contribution in [3.05, 3.63) is 0 Å². The normalized spacial score (nSPS) is 14.2. The molecule has 0 heterocycles. The van der Waals surface area contributed by atoms with Crippen molar-refractivity contribution in [3.8, 4) is 0 Å². The van der Waals surface area contributed by atoms with Crippen LogP contribution in [0.2, 0.25) is 0 Å². The molecule has 0 saturated heterocycles. The van der Waals surface area contributed by atoms with Crippen LogP contribution >= 0.6 is 15.6 Å². The molecule has 0 radical (unpaired) electrons. The Morgan fingerprint density at radius 1 is 0.293 bits per heavy atom. The Morgan fingerprint density at radius 2 is 0.515 bits per heavy atom. The quantitative estimate of drug-likeness (QED) is 0.0222. The van der Waals surface area contributed by atoms with E-state index >= 15 is 0 Å². The molecule has 3 N–H and O–H groups in total. The lowest BCUT2D eigenvalue weighted by Gasteiger charge is -2.21. The van der Waals surface area contributed by atoms with Gasteiger partial charge >= 0.3 is 39.5 Å². The zero-order chi connectivity index (χ0) is 72.8. The number of aliphatic hydroxyl groups excluding tert-OH is 1. The van der Waals surface area contributed by atoms with Gasteiger partial charge in [-0.25, -0.2) is 9.13 Å². The molecule has 3 unspecified atom stereocenters. The van der Waals surface area contributed by atoms with Crippen LogP contribution in [0.25, 0.3) is 0 Å². The van der Waals surface area contributed by atoms with E-state index in [1.54, 1.807) is 0 Å². The van der Waals surface area contributed by atoms with Crippen molar-refractivity contribution >= 4 is 39.5 Å². The van der Waals surface area contributed by atoms with E-state index in [1.807, 2.05) is 0 Å². The van der Waals surface area contributed by atoms with Crippen LogP contribution in [0.3, 0.4) is 0 Å². The van der Waals surface area contributed by atoms with Crippen molar-refractivity contribution in [1.29, 1.82) is 0 Å². The summed E-state index contributed by atoms with van der Waals surface area (Å²) in [5, 5.41) is 10.6. The van der Waals surface area contributed by atoms with Crippen molar-refractivity contribution in [2.24, 2.45) is 11.8 Å². The Balaban J connectivity index is 5.21. The molecule has 0 spiro atoms. The Kier molecular flexibility index (Phi) is 70.3. The number of rotatable bonds is 79. The number of carbonyl (C=O) groups excluding carboxylic acids is 4. The van der Waals surface area contributed by atoms with Crippen LogP contribution in [-0.2, 0) is 65.4 Å². The van der Waals surface area contributed by atoms with Crippen LogP contribution in [0.4, 0.5) is 0 Å². The fourth-order valence-corrected chi connectivity index (χ4v) is 13.9. The molecule has 0 rings (SSSR count). The number of hydrogen-bond donors (Lipinski definition) is 3.